The third-order valence-corrected chi connectivity index (χ3v) is 2.82. The fraction of sp³-hybridized carbons (Fsp3) is 0. The molecular formula is C15H10N2O. The highest BCUT2D eigenvalue weighted by molar-refractivity contribution is 6.15. The summed E-state index contributed by atoms with van der Waals surface area (Å²) in [5, 5.41) is 0.970. The number of ketones is 1. The molecule has 0 N–H and O–H groups in total. The standard InChI is InChI=1S/C15H10N2O/c18-15(12-6-9-16-10-7-12)13-5-1-3-11-4-2-8-17-14(11)13/h1-10H. The zero-order valence-corrected chi connectivity index (χ0v) is 9.58. The first-order valence-electron chi connectivity index (χ1n) is 5.65. The van der Waals surface area contributed by atoms with Crippen LogP contribution in [0.3, 0.4) is 0 Å². The molecule has 0 saturated carbocycles. The summed E-state index contributed by atoms with van der Waals surface area (Å²) in [5.41, 5.74) is 1.99. The Bertz CT molecular complexity index is 703. The molecule has 3 rings (SSSR count). The molecule has 3 aromatic rings. The molecule has 3 nitrogen and oxygen atoms in total. The van der Waals surface area contributed by atoms with Crippen molar-refractivity contribution in [1.29, 1.82) is 0 Å². The van der Waals surface area contributed by atoms with Crippen molar-refractivity contribution in [1.82, 2.24) is 9.97 Å². The van der Waals surface area contributed by atoms with Gasteiger partial charge in [0.2, 0.25) is 0 Å². The van der Waals surface area contributed by atoms with Gasteiger partial charge in [-0.15, -0.1) is 0 Å². The lowest BCUT2D eigenvalue weighted by atomic mass is 10.0. The van der Waals surface area contributed by atoms with Gasteiger partial charge in [-0.05, 0) is 24.3 Å². The van der Waals surface area contributed by atoms with Crippen LogP contribution < -0.4 is 0 Å². The Morgan fingerprint density at radius 2 is 1.67 bits per heavy atom. The van der Waals surface area contributed by atoms with Gasteiger partial charge in [0.1, 0.15) is 0 Å². The van der Waals surface area contributed by atoms with Crippen molar-refractivity contribution in [2.24, 2.45) is 0 Å². The van der Waals surface area contributed by atoms with Crippen LogP contribution in [0.15, 0.2) is 61.1 Å². The summed E-state index contributed by atoms with van der Waals surface area (Å²) in [6.07, 6.45) is 4.93. The molecule has 0 fully saturated rings. The number of pyridine rings is 2. The van der Waals surface area contributed by atoms with Gasteiger partial charge in [0.05, 0.1) is 5.52 Å². The molecule has 0 atom stereocenters. The second kappa shape index (κ2) is 4.37. The molecule has 86 valence electrons. The van der Waals surface area contributed by atoms with E-state index in [1.165, 1.54) is 0 Å². The predicted octanol–water partition coefficient (Wildman–Crippen LogP) is 2.86. The molecule has 0 radical (unpaired) electrons. The normalized spacial score (nSPS) is 10.4. The van der Waals surface area contributed by atoms with Gasteiger partial charge in [-0.2, -0.15) is 0 Å². The molecule has 18 heavy (non-hydrogen) atoms. The van der Waals surface area contributed by atoms with Crippen LogP contribution in [0.1, 0.15) is 15.9 Å². The average Bonchev–Trinajstić information content (AvgIpc) is 2.47. The molecule has 2 heterocycles. The van der Waals surface area contributed by atoms with E-state index in [0.717, 1.165) is 10.9 Å². The third kappa shape index (κ3) is 1.76. The maximum absolute atomic E-state index is 12.4. The number of aromatic nitrogens is 2. The number of fused-ring (bicyclic) bond motifs is 1. The third-order valence-electron chi connectivity index (χ3n) is 2.82. The molecular weight excluding hydrogens is 224 g/mol. The van der Waals surface area contributed by atoms with Gasteiger partial charge in [-0.25, -0.2) is 0 Å². The summed E-state index contributed by atoms with van der Waals surface area (Å²) >= 11 is 0. The summed E-state index contributed by atoms with van der Waals surface area (Å²) in [4.78, 5) is 20.6. The Morgan fingerprint density at radius 3 is 2.50 bits per heavy atom. The highest BCUT2D eigenvalue weighted by Crippen LogP contribution is 2.18. The van der Waals surface area contributed by atoms with E-state index < -0.39 is 0 Å². The number of hydrogen-bond acceptors (Lipinski definition) is 3. The lowest BCUT2D eigenvalue weighted by Gasteiger charge is -2.04. The summed E-state index contributed by atoms with van der Waals surface area (Å²) in [7, 11) is 0. The molecule has 0 saturated heterocycles. The summed E-state index contributed by atoms with van der Waals surface area (Å²) < 4.78 is 0. The summed E-state index contributed by atoms with van der Waals surface area (Å²) in [6, 6.07) is 12.9. The van der Waals surface area contributed by atoms with Gasteiger partial charge in [-0.3, -0.25) is 14.8 Å². The van der Waals surface area contributed by atoms with E-state index in [9.17, 15) is 4.79 Å². The Balaban J connectivity index is 2.18. The number of carbonyl (C=O) groups is 1. The number of hydrogen-bond donors (Lipinski definition) is 0. The van der Waals surface area contributed by atoms with E-state index in [-0.39, 0.29) is 5.78 Å². The van der Waals surface area contributed by atoms with Crippen molar-refractivity contribution in [3.8, 4) is 0 Å². The van der Waals surface area contributed by atoms with E-state index >= 15 is 0 Å². The van der Waals surface area contributed by atoms with Crippen LogP contribution in [-0.4, -0.2) is 15.8 Å². The Labute approximate surface area is 104 Å². The largest absolute Gasteiger partial charge is 0.289 e. The zero-order valence-electron chi connectivity index (χ0n) is 9.58. The number of rotatable bonds is 2. The maximum atomic E-state index is 12.4. The van der Waals surface area contributed by atoms with Gasteiger partial charge in [0.25, 0.3) is 0 Å². The molecule has 0 aliphatic heterocycles. The molecule has 0 amide bonds. The van der Waals surface area contributed by atoms with Crippen molar-refractivity contribution in [3.63, 3.8) is 0 Å². The van der Waals surface area contributed by atoms with Crippen LogP contribution in [0.2, 0.25) is 0 Å². The van der Waals surface area contributed by atoms with E-state index in [4.69, 9.17) is 0 Å². The Kier molecular flexibility index (Phi) is 2.57. The van der Waals surface area contributed by atoms with Gasteiger partial charge >= 0.3 is 0 Å². The highest BCUT2D eigenvalue weighted by Gasteiger charge is 2.12. The van der Waals surface area contributed by atoms with Crippen LogP contribution in [0, 0.1) is 0 Å². The zero-order chi connectivity index (χ0) is 12.4. The van der Waals surface area contributed by atoms with E-state index in [2.05, 4.69) is 9.97 Å². The fourth-order valence-electron chi connectivity index (χ4n) is 1.95. The average molecular weight is 234 g/mol. The Morgan fingerprint density at radius 1 is 0.889 bits per heavy atom. The van der Waals surface area contributed by atoms with Crippen LogP contribution in [0.4, 0.5) is 0 Å². The highest BCUT2D eigenvalue weighted by atomic mass is 16.1. The first-order valence-corrected chi connectivity index (χ1v) is 5.65. The quantitative estimate of drug-likeness (QED) is 0.640. The van der Waals surface area contributed by atoms with E-state index in [1.54, 1.807) is 36.8 Å². The van der Waals surface area contributed by atoms with E-state index in [0.29, 0.717) is 11.1 Å². The first kappa shape index (κ1) is 10.6. The first-order chi connectivity index (χ1) is 8.86. The van der Waals surface area contributed by atoms with Crippen molar-refractivity contribution < 1.29 is 4.79 Å². The molecule has 0 bridgehead atoms. The molecule has 0 unspecified atom stereocenters. The van der Waals surface area contributed by atoms with Crippen molar-refractivity contribution >= 4 is 16.7 Å². The second-order valence-electron chi connectivity index (χ2n) is 3.95. The lowest BCUT2D eigenvalue weighted by Crippen LogP contribution is -2.02. The fourth-order valence-corrected chi connectivity index (χ4v) is 1.95. The van der Waals surface area contributed by atoms with Gasteiger partial charge < -0.3 is 0 Å². The minimum absolute atomic E-state index is 0.0262. The summed E-state index contributed by atoms with van der Waals surface area (Å²) in [5.74, 6) is -0.0262. The SMILES string of the molecule is O=C(c1ccncc1)c1cccc2cccnc12. The van der Waals surface area contributed by atoms with Crippen molar-refractivity contribution in [2.45, 2.75) is 0 Å². The van der Waals surface area contributed by atoms with Crippen LogP contribution in [0.25, 0.3) is 10.9 Å². The minimum atomic E-state index is -0.0262. The summed E-state index contributed by atoms with van der Waals surface area (Å²) in [6.45, 7) is 0. The van der Waals surface area contributed by atoms with Gasteiger partial charge in [0, 0.05) is 35.1 Å². The van der Waals surface area contributed by atoms with Crippen LogP contribution in [0.5, 0.6) is 0 Å². The van der Waals surface area contributed by atoms with E-state index in [1.807, 2.05) is 24.3 Å². The maximum Gasteiger partial charge on any atom is 0.195 e. The van der Waals surface area contributed by atoms with Gasteiger partial charge in [0.15, 0.2) is 5.78 Å². The molecule has 1 aromatic carbocycles. The van der Waals surface area contributed by atoms with Crippen molar-refractivity contribution in [3.05, 3.63) is 72.2 Å². The number of para-hydroxylation sites is 1. The minimum Gasteiger partial charge on any atom is -0.289 e. The van der Waals surface area contributed by atoms with Crippen LogP contribution >= 0.6 is 0 Å². The number of carbonyl (C=O) groups excluding carboxylic acids is 1. The molecule has 0 spiro atoms. The molecule has 3 heteroatoms. The number of nitrogens with zero attached hydrogens (tertiary/aromatic N) is 2. The Hall–Kier alpha value is -2.55. The smallest absolute Gasteiger partial charge is 0.195 e. The second-order valence-corrected chi connectivity index (χ2v) is 3.95. The van der Waals surface area contributed by atoms with Gasteiger partial charge in [-0.1, -0.05) is 18.2 Å². The predicted molar refractivity (Wildman–Crippen MR) is 69.4 cm³/mol. The molecule has 0 aliphatic rings. The topological polar surface area (TPSA) is 42.9 Å². The van der Waals surface area contributed by atoms with Crippen molar-refractivity contribution in [2.75, 3.05) is 0 Å². The number of benzene rings is 1. The van der Waals surface area contributed by atoms with Crippen LogP contribution in [-0.2, 0) is 0 Å². The molecule has 2 aromatic heterocycles. The lowest BCUT2D eigenvalue weighted by molar-refractivity contribution is 0.104. The monoisotopic (exact) mass is 234 g/mol. The molecule has 0 aliphatic carbocycles.